The van der Waals surface area contributed by atoms with Crippen LogP contribution in [0.2, 0.25) is 5.02 Å². The predicted molar refractivity (Wildman–Crippen MR) is 61.4 cm³/mol. The molecule has 0 amide bonds. The van der Waals surface area contributed by atoms with Gasteiger partial charge in [0.1, 0.15) is 6.04 Å². The van der Waals surface area contributed by atoms with Crippen molar-refractivity contribution in [3.8, 4) is 0 Å². The van der Waals surface area contributed by atoms with Gasteiger partial charge in [0.05, 0.1) is 24.4 Å². The van der Waals surface area contributed by atoms with Crippen LogP contribution in [0.15, 0.2) is 12.4 Å². The first-order valence-electron chi connectivity index (χ1n) is 5.11. The van der Waals surface area contributed by atoms with Crippen LogP contribution in [0.5, 0.6) is 0 Å². The molecule has 0 bridgehead atoms. The number of likely N-dealkylation sites (N-methyl/N-ethyl adjacent to an activating group) is 1. The normalized spacial score (nSPS) is 14.5. The Morgan fingerprint density at radius 3 is 2.88 bits per heavy atom. The second-order valence-corrected chi connectivity index (χ2v) is 3.87. The molecule has 0 spiro atoms. The molecular formula is C10H16ClN3O2. The molecule has 0 aliphatic carbocycles. The van der Waals surface area contributed by atoms with Crippen molar-refractivity contribution in [1.82, 2.24) is 15.1 Å². The average molecular weight is 246 g/mol. The molecule has 0 radical (unpaired) electrons. The zero-order chi connectivity index (χ0) is 12.1. The van der Waals surface area contributed by atoms with Crippen LogP contribution < -0.4 is 5.32 Å². The van der Waals surface area contributed by atoms with Crippen LogP contribution in [0, 0.1) is 0 Å². The summed E-state index contributed by atoms with van der Waals surface area (Å²) in [5.74, 6) is -0.305. The van der Waals surface area contributed by atoms with E-state index in [4.69, 9.17) is 16.3 Å². The highest BCUT2D eigenvalue weighted by Crippen LogP contribution is 2.14. The molecule has 1 aromatic rings. The number of hydrogen-bond acceptors (Lipinski definition) is 4. The van der Waals surface area contributed by atoms with Crippen LogP contribution in [-0.4, -0.2) is 35.4 Å². The van der Waals surface area contributed by atoms with Crippen LogP contribution in [0.25, 0.3) is 0 Å². The average Bonchev–Trinajstić information content (AvgIpc) is 2.71. The monoisotopic (exact) mass is 245 g/mol. The number of carbonyl (C=O) groups is 1. The Labute approximate surface area is 99.7 Å². The summed E-state index contributed by atoms with van der Waals surface area (Å²) in [5, 5.41) is 7.68. The van der Waals surface area contributed by atoms with E-state index >= 15 is 0 Å². The number of hydrogen-bond donors (Lipinski definition) is 1. The van der Waals surface area contributed by atoms with E-state index in [0.717, 1.165) is 0 Å². The van der Waals surface area contributed by atoms with Crippen molar-refractivity contribution in [2.24, 2.45) is 0 Å². The molecule has 5 nitrogen and oxygen atoms in total. The van der Waals surface area contributed by atoms with Crippen LogP contribution in [0.1, 0.15) is 19.9 Å². The molecule has 0 aliphatic rings. The Balaban J connectivity index is 2.81. The second kappa shape index (κ2) is 5.86. The molecule has 0 saturated carbocycles. The van der Waals surface area contributed by atoms with Crippen molar-refractivity contribution < 1.29 is 9.53 Å². The molecule has 0 aromatic carbocycles. The summed E-state index contributed by atoms with van der Waals surface area (Å²) < 4.78 is 6.38. The predicted octanol–water partition coefficient (Wildman–Crippen LogP) is 1.25. The number of esters is 1. The van der Waals surface area contributed by atoms with Crippen LogP contribution >= 0.6 is 11.6 Å². The van der Waals surface area contributed by atoms with E-state index in [1.807, 2.05) is 13.8 Å². The highest BCUT2D eigenvalue weighted by Gasteiger charge is 2.26. The maximum absolute atomic E-state index is 11.6. The van der Waals surface area contributed by atoms with Gasteiger partial charge in [0, 0.05) is 6.20 Å². The number of methoxy groups -OCH3 is 1. The van der Waals surface area contributed by atoms with E-state index in [9.17, 15) is 4.79 Å². The molecule has 0 fully saturated rings. The largest absolute Gasteiger partial charge is 0.468 e. The van der Waals surface area contributed by atoms with Gasteiger partial charge < -0.3 is 10.1 Å². The molecule has 2 atom stereocenters. The Kier molecular flexibility index (Phi) is 4.76. The Hall–Kier alpha value is -1.07. The Morgan fingerprint density at radius 2 is 2.44 bits per heavy atom. The molecule has 1 heterocycles. The minimum absolute atomic E-state index is 0.153. The molecule has 90 valence electrons. The summed E-state index contributed by atoms with van der Waals surface area (Å²) in [5.41, 5.74) is 0. The lowest BCUT2D eigenvalue weighted by molar-refractivity contribution is -0.144. The lowest BCUT2D eigenvalue weighted by atomic mass is 10.1. The first-order chi connectivity index (χ1) is 7.60. The quantitative estimate of drug-likeness (QED) is 0.794. The molecule has 2 unspecified atom stereocenters. The lowest BCUT2D eigenvalue weighted by Gasteiger charge is -2.22. The van der Waals surface area contributed by atoms with Gasteiger partial charge in [0.2, 0.25) is 0 Å². The number of nitrogens with one attached hydrogen (secondary N) is 1. The van der Waals surface area contributed by atoms with Gasteiger partial charge >= 0.3 is 5.97 Å². The Morgan fingerprint density at radius 1 is 1.75 bits per heavy atom. The third-order valence-corrected chi connectivity index (χ3v) is 2.54. The van der Waals surface area contributed by atoms with Gasteiger partial charge in [-0.05, 0) is 13.5 Å². The van der Waals surface area contributed by atoms with Gasteiger partial charge in [-0.15, -0.1) is 0 Å². The lowest BCUT2D eigenvalue weighted by Crippen LogP contribution is -2.43. The second-order valence-electron chi connectivity index (χ2n) is 3.44. The molecule has 1 aromatic heterocycles. The highest BCUT2D eigenvalue weighted by atomic mass is 35.5. The topological polar surface area (TPSA) is 56.1 Å². The molecule has 1 N–H and O–H groups in total. The molecule has 0 aliphatic heterocycles. The number of rotatable bonds is 5. The number of halogens is 1. The molecular weight excluding hydrogens is 230 g/mol. The van der Waals surface area contributed by atoms with E-state index in [-0.39, 0.29) is 12.0 Å². The highest BCUT2D eigenvalue weighted by molar-refractivity contribution is 6.30. The SMILES string of the molecule is CCNC(C(=O)OC)C(C)n1cc(Cl)cn1. The number of carbonyl (C=O) groups excluding carboxylic acids is 1. The summed E-state index contributed by atoms with van der Waals surface area (Å²) in [6, 6.07) is -0.578. The van der Waals surface area contributed by atoms with E-state index in [0.29, 0.717) is 11.6 Å². The van der Waals surface area contributed by atoms with Gasteiger partial charge in [-0.3, -0.25) is 9.48 Å². The minimum atomic E-state index is -0.425. The first-order valence-corrected chi connectivity index (χ1v) is 5.48. The van der Waals surface area contributed by atoms with Crippen molar-refractivity contribution >= 4 is 17.6 Å². The molecule has 0 saturated heterocycles. The fourth-order valence-corrected chi connectivity index (χ4v) is 1.63. The number of nitrogens with zero attached hydrogens (tertiary/aromatic N) is 2. The standard InChI is InChI=1S/C10H16ClN3O2/c1-4-12-9(10(15)16-3)7(2)14-6-8(11)5-13-14/h5-7,9,12H,4H2,1-3H3. The summed E-state index contributed by atoms with van der Waals surface area (Å²) in [7, 11) is 1.37. The third-order valence-electron chi connectivity index (χ3n) is 2.35. The number of aromatic nitrogens is 2. The summed E-state index contributed by atoms with van der Waals surface area (Å²) >= 11 is 5.78. The summed E-state index contributed by atoms with van der Waals surface area (Å²) in [6.07, 6.45) is 3.22. The molecule has 1 rings (SSSR count). The minimum Gasteiger partial charge on any atom is -0.468 e. The van der Waals surface area contributed by atoms with E-state index in [1.165, 1.54) is 7.11 Å². The van der Waals surface area contributed by atoms with Crippen LogP contribution in [0.4, 0.5) is 0 Å². The third kappa shape index (κ3) is 2.96. The van der Waals surface area contributed by atoms with Gasteiger partial charge in [0.15, 0.2) is 0 Å². The van der Waals surface area contributed by atoms with Crippen molar-refractivity contribution in [2.75, 3.05) is 13.7 Å². The summed E-state index contributed by atoms with van der Waals surface area (Å²) in [4.78, 5) is 11.6. The van der Waals surface area contributed by atoms with Crippen LogP contribution in [-0.2, 0) is 9.53 Å². The van der Waals surface area contributed by atoms with Crippen molar-refractivity contribution in [3.63, 3.8) is 0 Å². The van der Waals surface area contributed by atoms with E-state index in [1.54, 1.807) is 17.1 Å². The van der Waals surface area contributed by atoms with Crippen molar-refractivity contribution in [1.29, 1.82) is 0 Å². The van der Waals surface area contributed by atoms with E-state index < -0.39 is 6.04 Å². The van der Waals surface area contributed by atoms with Crippen molar-refractivity contribution in [2.45, 2.75) is 25.9 Å². The zero-order valence-electron chi connectivity index (χ0n) is 9.61. The fraction of sp³-hybridized carbons (Fsp3) is 0.600. The molecule has 16 heavy (non-hydrogen) atoms. The van der Waals surface area contributed by atoms with Gasteiger partial charge in [-0.2, -0.15) is 5.10 Å². The van der Waals surface area contributed by atoms with Gasteiger partial charge in [-0.25, -0.2) is 0 Å². The van der Waals surface area contributed by atoms with E-state index in [2.05, 4.69) is 10.4 Å². The maximum atomic E-state index is 11.6. The first kappa shape index (κ1) is 13.0. The Bertz CT molecular complexity index is 354. The van der Waals surface area contributed by atoms with Gasteiger partial charge in [0.25, 0.3) is 0 Å². The fourth-order valence-electron chi connectivity index (χ4n) is 1.49. The van der Waals surface area contributed by atoms with Crippen molar-refractivity contribution in [3.05, 3.63) is 17.4 Å². The zero-order valence-corrected chi connectivity index (χ0v) is 10.4. The molecule has 6 heteroatoms. The number of ether oxygens (including phenoxy) is 1. The maximum Gasteiger partial charge on any atom is 0.325 e. The van der Waals surface area contributed by atoms with Crippen LogP contribution in [0.3, 0.4) is 0 Å². The van der Waals surface area contributed by atoms with Gasteiger partial charge in [-0.1, -0.05) is 18.5 Å². The smallest absolute Gasteiger partial charge is 0.325 e. The summed E-state index contributed by atoms with van der Waals surface area (Å²) in [6.45, 7) is 4.49.